The van der Waals surface area contributed by atoms with Crippen molar-refractivity contribution in [3.05, 3.63) is 65.2 Å². The topological polar surface area (TPSA) is 162 Å². The highest BCUT2D eigenvalue weighted by Gasteiger charge is 2.22. The third-order valence-electron chi connectivity index (χ3n) is 7.83. The van der Waals surface area contributed by atoms with Crippen molar-refractivity contribution in [1.29, 1.82) is 0 Å². The number of amides is 3. The number of nitrogens with zero attached hydrogens (tertiary/aromatic N) is 1. The molecule has 0 unspecified atom stereocenters. The van der Waals surface area contributed by atoms with Crippen molar-refractivity contribution in [2.75, 3.05) is 124 Å². The Morgan fingerprint density at radius 2 is 0.982 bits per heavy atom. The maximum Gasteiger partial charge on any atom is 0.407 e. The Labute approximate surface area is 337 Å². The van der Waals surface area contributed by atoms with Crippen LogP contribution >= 0.6 is 0 Å². The van der Waals surface area contributed by atoms with Crippen LogP contribution in [0, 0.1) is 11.8 Å². The smallest absolute Gasteiger partial charge is 0.407 e. The SMILES string of the molecule is CC(C)(C)OC(=O)NCCOCCOCCOCCOCCOCCOCCOCCOCCNC(=O)CCC(=O)N1Cc2ccccc2C#Cc2ccccc21. The van der Waals surface area contributed by atoms with Crippen molar-refractivity contribution in [3.8, 4) is 11.8 Å². The molecule has 0 aliphatic carbocycles. The summed E-state index contributed by atoms with van der Waals surface area (Å²) >= 11 is 0. The first kappa shape index (κ1) is 47.3. The normalized spacial score (nSPS) is 12.1. The largest absolute Gasteiger partial charge is 0.444 e. The molecule has 1 aliphatic heterocycles. The summed E-state index contributed by atoms with van der Waals surface area (Å²) in [6, 6.07) is 15.4. The average Bonchev–Trinajstić information content (AvgIpc) is 3.18. The summed E-state index contributed by atoms with van der Waals surface area (Å²) in [4.78, 5) is 39.0. The maximum atomic E-state index is 13.3. The van der Waals surface area contributed by atoms with Gasteiger partial charge in [-0.1, -0.05) is 42.2 Å². The highest BCUT2D eigenvalue weighted by atomic mass is 16.6. The lowest BCUT2D eigenvalue weighted by Crippen LogP contribution is -2.34. The maximum absolute atomic E-state index is 13.3. The molecule has 0 atom stereocenters. The van der Waals surface area contributed by atoms with E-state index < -0.39 is 11.7 Å². The number of carbonyl (C=O) groups excluding carboxylic acids is 3. The van der Waals surface area contributed by atoms with E-state index in [9.17, 15) is 14.4 Å². The van der Waals surface area contributed by atoms with Gasteiger partial charge in [-0.3, -0.25) is 9.59 Å². The molecule has 0 radical (unpaired) electrons. The standard InChI is InChI=1S/C42H61N3O12/c1-42(2,3)57-41(48)44-17-19-50-21-23-52-25-27-54-29-31-56-33-32-55-30-28-53-26-24-51-22-20-49-18-16-43-39(46)14-15-40(47)45-34-37-10-5-4-8-35(37)12-13-36-9-6-7-11-38(36)45/h4-11H,14-34H2,1-3H3,(H,43,46)(H,44,48). The molecule has 1 aliphatic rings. The summed E-state index contributed by atoms with van der Waals surface area (Å²) in [7, 11) is 0. The van der Waals surface area contributed by atoms with E-state index in [1.54, 1.807) is 4.90 Å². The number of alkyl carbamates (subject to hydrolysis) is 1. The van der Waals surface area contributed by atoms with Gasteiger partial charge in [0.15, 0.2) is 0 Å². The number of para-hydroxylation sites is 1. The number of anilines is 1. The summed E-state index contributed by atoms with van der Waals surface area (Å²) < 4.78 is 49.0. The molecule has 57 heavy (non-hydrogen) atoms. The zero-order valence-electron chi connectivity index (χ0n) is 33.8. The molecule has 0 fully saturated rings. The lowest BCUT2D eigenvalue weighted by Gasteiger charge is -2.26. The Kier molecular flexibility index (Phi) is 24.2. The Morgan fingerprint density at radius 1 is 0.561 bits per heavy atom. The van der Waals surface area contributed by atoms with E-state index in [0.29, 0.717) is 125 Å². The van der Waals surface area contributed by atoms with Crippen LogP contribution in [0.1, 0.15) is 50.3 Å². The molecule has 1 heterocycles. The number of hydrogen-bond acceptors (Lipinski definition) is 12. The van der Waals surface area contributed by atoms with Crippen LogP contribution in [0.15, 0.2) is 48.5 Å². The molecule has 0 saturated carbocycles. The summed E-state index contributed by atoms with van der Waals surface area (Å²) in [6.45, 7) is 13.5. The number of carbonyl (C=O) groups is 3. The van der Waals surface area contributed by atoms with Crippen LogP contribution < -0.4 is 15.5 Å². The highest BCUT2D eigenvalue weighted by Crippen LogP contribution is 2.26. The van der Waals surface area contributed by atoms with Gasteiger partial charge in [-0.05, 0) is 44.5 Å². The second-order valence-electron chi connectivity index (χ2n) is 13.6. The van der Waals surface area contributed by atoms with Crippen LogP contribution in [0.2, 0.25) is 0 Å². The van der Waals surface area contributed by atoms with Crippen molar-refractivity contribution in [2.24, 2.45) is 0 Å². The van der Waals surface area contributed by atoms with Crippen LogP contribution in [0.5, 0.6) is 0 Å². The Morgan fingerprint density at radius 3 is 1.49 bits per heavy atom. The van der Waals surface area contributed by atoms with E-state index in [1.807, 2.05) is 69.3 Å². The number of ether oxygens (including phenoxy) is 9. The van der Waals surface area contributed by atoms with Crippen molar-refractivity contribution in [1.82, 2.24) is 10.6 Å². The molecule has 2 N–H and O–H groups in total. The number of hydrogen-bond donors (Lipinski definition) is 2. The molecular weight excluding hydrogens is 738 g/mol. The Balaban J connectivity index is 1.02. The van der Waals surface area contributed by atoms with Crippen LogP contribution in [0.4, 0.5) is 10.5 Å². The van der Waals surface area contributed by atoms with Gasteiger partial charge in [-0.15, -0.1) is 0 Å². The molecule has 0 bridgehead atoms. The summed E-state index contributed by atoms with van der Waals surface area (Å²) in [6.07, 6.45) is -0.292. The van der Waals surface area contributed by atoms with Gasteiger partial charge < -0.3 is 58.2 Å². The molecule has 3 amide bonds. The zero-order chi connectivity index (χ0) is 40.8. The quantitative estimate of drug-likeness (QED) is 0.0876. The van der Waals surface area contributed by atoms with E-state index in [4.69, 9.17) is 42.6 Å². The molecule has 316 valence electrons. The first-order valence-corrected chi connectivity index (χ1v) is 19.6. The number of rotatable bonds is 30. The van der Waals surface area contributed by atoms with Gasteiger partial charge >= 0.3 is 6.09 Å². The van der Waals surface area contributed by atoms with Gasteiger partial charge in [0.2, 0.25) is 11.8 Å². The lowest BCUT2D eigenvalue weighted by molar-refractivity contribution is -0.125. The fourth-order valence-corrected chi connectivity index (χ4v) is 5.09. The van der Waals surface area contributed by atoms with Gasteiger partial charge in [-0.2, -0.15) is 0 Å². The van der Waals surface area contributed by atoms with E-state index >= 15 is 0 Å². The van der Waals surface area contributed by atoms with E-state index in [-0.39, 0.29) is 24.7 Å². The van der Waals surface area contributed by atoms with Gasteiger partial charge in [-0.25, -0.2) is 4.79 Å². The van der Waals surface area contributed by atoms with Gasteiger partial charge in [0.25, 0.3) is 0 Å². The predicted octanol–water partition coefficient (Wildman–Crippen LogP) is 3.49. The molecule has 15 nitrogen and oxygen atoms in total. The third kappa shape index (κ3) is 22.4. The predicted molar refractivity (Wildman–Crippen MR) is 213 cm³/mol. The lowest BCUT2D eigenvalue weighted by atomic mass is 10.0. The van der Waals surface area contributed by atoms with Crippen LogP contribution in [0.3, 0.4) is 0 Å². The zero-order valence-corrected chi connectivity index (χ0v) is 33.8. The first-order chi connectivity index (χ1) is 27.7. The van der Waals surface area contributed by atoms with Crippen LogP contribution in [-0.2, 0) is 58.8 Å². The third-order valence-corrected chi connectivity index (χ3v) is 7.83. The second kappa shape index (κ2) is 29.2. The minimum absolute atomic E-state index is 0.0835. The van der Waals surface area contributed by atoms with Gasteiger partial charge in [0.05, 0.1) is 118 Å². The molecule has 2 aromatic carbocycles. The minimum atomic E-state index is -0.521. The van der Waals surface area contributed by atoms with Gasteiger partial charge in [0, 0.05) is 37.1 Å². The first-order valence-electron chi connectivity index (χ1n) is 19.6. The minimum Gasteiger partial charge on any atom is -0.444 e. The molecule has 15 heteroatoms. The summed E-state index contributed by atoms with van der Waals surface area (Å²) in [5.74, 6) is 6.06. The number of nitrogens with one attached hydrogen (secondary N) is 2. The van der Waals surface area contributed by atoms with Gasteiger partial charge in [0.1, 0.15) is 5.60 Å². The Bertz CT molecular complexity index is 1510. The highest BCUT2D eigenvalue weighted by molar-refractivity contribution is 5.96. The fourth-order valence-electron chi connectivity index (χ4n) is 5.09. The second-order valence-corrected chi connectivity index (χ2v) is 13.6. The van der Waals surface area contributed by atoms with Crippen molar-refractivity contribution in [3.63, 3.8) is 0 Å². The molecule has 0 aromatic heterocycles. The summed E-state index contributed by atoms with van der Waals surface area (Å²) in [5, 5.41) is 5.44. The van der Waals surface area contributed by atoms with E-state index in [2.05, 4.69) is 22.5 Å². The Hall–Kier alpha value is -4.11. The van der Waals surface area contributed by atoms with Crippen molar-refractivity contribution < 1.29 is 57.0 Å². The van der Waals surface area contributed by atoms with Crippen LogP contribution in [-0.4, -0.2) is 142 Å². The fraction of sp³-hybridized carbons (Fsp3) is 0.595. The van der Waals surface area contributed by atoms with E-state index in [1.165, 1.54) is 0 Å². The molecule has 3 rings (SSSR count). The van der Waals surface area contributed by atoms with Crippen molar-refractivity contribution in [2.45, 2.75) is 45.8 Å². The number of benzene rings is 2. The average molecular weight is 800 g/mol. The molecular formula is C42H61N3O12. The van der Waals surface area contributed by atoms with Crippen molar-refractivity contribution >= 4 is 23.6 Å². The molecule has 2 aromatic rings. The monoisotopic (exact) mass is 799 g/mol. The molecule has 0 saturated heterocycles. The van der Waals surface area contributed by atoms with E-state index in [0.717, 1.165) is 22.4 Å². The van der Waals surface area contributed by atoms with Crippen LogP contribution in [0.25, 0.3) is 0 Å². The molecule has 0 spiro atoms. The number of fused-ring (bicyclic) bond motifs is 2. The summed E-state index contributed by atoms with van der Waals surface area (Å²) in [5.41, 5.74) is 2.88.